The molecule has 2 heterocycles. The van der Waals surface area contributed by atoms with Gasteiger partial charge in [0.15, 0.2) is 0 Å². The number of carbonyl (C=O) groups is 2. The van der Waals surface area contributed by atoms with Gasteiger partial charge in [-0.1, -0.05) is 0 Å². The number of hydrogen-bond donors (Lipinski definition) is 1. The van der Waals surface area contributed by atoms with E-state index in [9.17, 15) is 9.59 Å². The molecule has 1 saturated heterocycles. The second-order valence-electron chi connectivity index (χ2n) is 7.24. The summed E-state index contributed by atoms with van der Waals surface area (Å²) in [6, 6.07) is 7.83. The van der Waals surface area contributed by atoms with Crippen LogP contribution in [0.1, 0.15) is 32.3 Å². The summed E-state index contributed by atoms with van der Waals surface area (Å²) in [5, 5.41) is 3.92. The van der Waals surface area contributed by atoms with Crippen LogP contribution in [0, 0.1) is 6.92 Å². The molecule has 7 heteroatoms. The van der Waals surface area contributed by atoms with Crippen molar-refractivity contribution in [1.82, 2.24) is 9.88 Å². The number of amides is 2. The highest BCUT2D eigenvalue weighted by Crippen LogP contribution is 2.26. The summed E-state index contributed by atoms with van der Waals surface area (Å²) < 4.78 is 5.42. The first-order valence-electron chi connectivity index (χ1n) is 10.3. The third-order valence-electron chi connectivity index (χ3n) is 5.30. The number of anilines is 2. The largest absolute Gasteiger partial charge is 0.378 e. The standard InChI is InChI=1S/C22H30N4O3/c1-4-25(5-2)22(28)9-8-21(27)23-17-6-7-19-18(15-17)16(3)14-20(24-19)26-10-12-29-13-11-26/h6-7,14-15H,4-5,8-13H2,1-3H3,(H,23,27). The van der Waals surface area contributed by atoms with Crippen molar-refractivity contribution in [3.8, 4) is 0 Å². The molecule has 2 aromatic rings. The second-order valence-corrected chi connectivity index (χ2v) is 7.24. The van der Waals surface area contributed by atoms with Crippen molar-refractivity contribution in [3.05, 3.63) is 29.8 Å². The molecule has 2 amide bonds. The van der Waals surface area contributed by atoms with Gasteiger partial charge in [0.1, 0.15) is 5.82 Å². The van der Waals surface area contributed by atoms with E-state index in [0.717, 1.165) is 54.3 Å². The fraction of sp³-hybridized carbons (Fsp3) is 0.500. The molecule has 0 atom stereocenters. The number of nitrogens with one attached hydrogen (secondary N) is 1. The van der Waals surface area contributed by atoms with Gasteiger partial charge in [0, 0.05) is 50.1 Å². The number of fused-ring (bicyclic) bond motifs is 1. The highest BCUT2D eigenvalue weighted by Gasteiger charge is 2.15. The van der Waals surface area contributed by atoms with Crippen molar-refractivity contribution in [1.29, 1.82) is 0 Å². The van der Waals surface area contributed by atoms with Crippen LogP contribution in [-0.4, -0.2) is 61.1 Å². The molecule has 29 heavy (non-hydrogen) atoms. The molecule has 1 aliphatic rings. The maximum absolute atomic E-state index is 12.3. The van der Waals surface area contributed by atoms with Gasteiger partial charge in [0.25, 0.3) is 0 Å². The molecule has 0 bridgehead atoms. The van der Waals surface area contributed by atoms with Gasteiger partial charge < -0.3 is 19.9 Å². The van der Waals surface area contributed by atoms with Crippen LogP contribution in [0.25, 0.3) is 10.9 Å². The van der Waals surface area contributed by atoms with Crippen molar-refractivity contribution < 1.29 is 14.3 Å². The van der Waals surface area contributed by atoms with E-state index in [1.54, 1.807) is 4.90 Å². The Bertz CT molecular complexity index is 874. The first kappa shape index (κ1) is 21.0. The van der Waals surface area contributed by atoms with E-state index >= 15 is 0 Å². The van der Waals surface area contributed by atoms with Gasteiger partial charge in [-0.3, -0.25) is 9.59 Å². The number of pyridine rings is 1. The van der Waals surface area contributed by atoms with Crippen LogP contribution < -0.4 is 10.2 Å². The summed E-state index contributed by atoms with van der Waals surface area (Å²) in [4.78, 5) is 33.1. The van der Waals surface area contributed by atoms with Crippen LogP contribution in [-0.2, 0) is 14.3 Å². The van der Waals surface area contributed by atoms with Crippen LogP contribution in [0.4, 0.5) is 11.5 Å². The third kappa shape index (κ3) is 5.23. The lowest BCUT2D eigenvalue weighted by Crippen LogP contribution is -2.36. The fourth-order valence-electron chi connectivity index (χ4n) is 3.59. The normalized spacial score (nSPS) is 14.1. The number of nitrogens with zero attached hydrogens (tertiary/aromatic N) is 3. The maximum atomic E-state index is 12.3. The molecule has 1 aromatic carbocycles. The van der Waals surface area contributed by atoms with Crippen molar-refractivity contribution in [2.75, 3.05) is 49.6 Å². The van der Waals surface area contributed by atoms with E-state index in [4.69, 9.17) is 9.72 Å². The van der Waals surface area contributed by atoms with Crippen molar-refractivity contribution >= 4 is 34.2 Å². The van der Waals surface area contributed by atoms with Crippen LogP contribution in [0.5, 0.6) is 0 Å². The predicted molar refractivity (Wildman–Crippen MR) is 115 cm³/mol. The summed E-state index contributed by atoms with van der Waals surface area (Å²) in [5.41, 5.74) is 2.74. The molecule has 7 nitrogen and oxygen atoms in total. The molecule has 1 fully saturated rings. The highest BCUT2D eigenvalue weighted by atomic mass is 16.5. The molecule has 1 N–H and O–H groups in total. The first-order chi connectivity index (χ1) is 14.0. The van der Waals surface area contributed by atoms with Crippen LogP contribution in [0.3, 0.4) is 0 Å². The molecule has 0 unspecified atom stereocenters. The molecular weight excluding hydrogens is 368 g/mol. The molecule has 0 radical (unpaired) electrons. The summed E-state index contributed by atoms with van der Waals surface area (Å²) in [5.74, 6) is 0.824. The van der Waals surface area contributed by atoms with E-state index in [0.29, 0.717) is 13.1 Å². The number of morpholine rings is 1. The molecule has 1 aromatic heterocycles. The average Bonchev–Trinajstić information content (AvgIpc) is 2.74. The zero-order valence-electron chi connectivity index (χ0n) is 17.5. The summed E-state index contributed by atoms with van der Waals surface area (Å²) in [7, 11) is 0. The molecule has 0 aliphatic carbocycles. The summed E-state index contributed by atoms with van der Waals surface area (Å²) in [6.45, 7) is 10.4. The van der Waals surface area contributed by atoms with E-state index < -0.39 is 0 Å². The smallest absolute Gasteiger partial charge is 0.224 e. The predicted octanol–water partition coefficient (Wildman–Crippen LogP) is 2.97. The van der Waals surface area contributed by atoms with Crippen LogP contribution in [0.15, 0.2) is 24.3 Å². The van der Waals surface area contributed by atoms with Gasteiger partial charge >= 0.3 is 0 Å². The zero-order valence-corrected chi connectivity index (χ0v) is 17.5. The van der Waals surface area contributed by atoms with E-state index in [1.165, 1.54) is 0 Å². The monoisotopic (exact) mass is 398 g/mol. The Morgan fingerprint density at radius 1 is 1.14 bits per heavy atom. The Morgan fingerprint density at radius 2 is 1.86 bits per heavy atom. The van der Waals surface area contributed by atoms with Crippen molar-refractivity contribution in [3.63, 3.8) is 0 Å². The quantitative estimate of drug-likeness (QED) is 0.776. The van der Waals surface area contributed by atoms with E-state index in [-0.39, 0.29) is 24.7 Å². The van der Waals surface area contributed by atoms with Gasteiger partial charge in [-0.05, 0) is 50.6 Å². The second kappa shape index (κ2) is 9.69. The third-order valence-corrected chi connectivity index (χ3v) is 5.30. The SMILES string of the molecule is CCN(CC)C(=O)CCC(=O)Nc1ccc2nc(N3CCOCC3)cc(C)c2c1. The zero-order chi connectivity index (χ0) is 20.8. The summed E-state index contributed by atoms with van der Waals surface area (Å²) >= 11 is 0. The van der Waals surface area contributed by atoms with E-state index in [2.05, 4.69) is 23.2 Å². The lowest BCUT2D eigenvalue weighted by molar-refractivity contribution is -0.132. The molecular formula is C22H30N4O3. The number of aryl methyl sites for hydroxylation is 1. The molecule has 1 aliphatic heterocycles. The maximum Gasteiger partial charge on any atom is 0.224 e. The number of ether oxygens (including phenoxy) is 1. The van der Waals surface area contributed by atoms with Gasteiger partial charge in [0.2, 0.25) is 11.8 Å². The lowest BCUT2D eigenvalue weighted by atomic mass is 10.1. The Morgan fingerprint density at radius 3 is 2.55 bits per heavy atom. The Balaban J connectivity index is 1.67. The summed E-state index contributed by atoms with van der Waals surface area (Å²) in [6.07, 6.45) is 0.408. The molecule has 156 valence electrons. The van der Waals surface area contributed by atoms with Crippen LogP contribution in [0.2, 0.25) is 0 Å². The Labute approximate surface area is 172 Å². The number of benzene rings is 1. The topological polar surface area (TPSA) is 74.8 Å². The number of carbonyl (C=O) groups excluding carboxylic acids is 2. The van der Waals surface area contributed by atoms with Crippen LogP contribution >= 0.6 is 0 Å². The lowest BCUT2D eigenvalue weighted by Gasteiger charge is -2.28. The minimum atomic E-state index is -0.152. The highest BCUT2D eigenvalue weighted by molar-refractivity contribution is 5.96. The van der Waals surface area contributed by atoms with Crippen molar-refractivity contribution in [2.24, 2.45) is 0 Å². The Hall–Kier alpha value is -2.67. The van der Waals surface area contributed by atoms with Gasteiger partial charge in [-0.2, -0.15) is 0 Å². The van der Waals surface area contributed by atoms with Gasteiger partial charge in [0.05, 0.1) is 18.7 Å². The van der Waals surface area contributed by atoms with Gasteiger partial charge in [-0.15, -0.1) is 0 Å². The average molecular weight is 399 g/mol. The Kier molecular flexibility index (Phi) is 7.04. The molecule has 3 rings (SSSR count). The number of hydrogen-bond acceptors (Lipinski definition) is 5. The minimum absolute atomic E-state index is 0.0133. The van der Waals surface area contributed by atoms with E-state index in [1.807, 2.05) is 32.0 Å². The van der Waals surface area contributed by atoms with Crippen molar-refractivity contribution in [2.45, 2.75) is 33.6 Å². The first-order valence-corrected chi connectivity index (χ1v) is 10.3. The fourth-order valence-corrected chi connectivity index (χ4v) is 3.59. The van der Waals surface area contributed by atoms with Gasteiger partial charge in [-0.25, -0.2) is 4.98 Å². The minimum Gasteiger partial charge on any atom is -0.378 e. The number of rotatable bonds is 7. The molecule has 0 spiro atoms. The molecule has 0 saturated carbocycles. The number of aromatic nitrogens is 1.